The van der Waals surface area contributed by atoms with E-state index >= 15 is 0 Å². The van der Waals surface area contributed by atoms with E-state index in [4.69, 9.17) is 0 Å². The number of halogens is 3. The molecule has 112 valence electrons. The van der Waals surface area contributed by atoms with Gasteiger partial charge in [-0.2, -0.15) is 13.2 Å². The van der Waals surface area contributed by atoms with E-state index in [-0.39, 0.29) is 11.6 Å². The van der Waals surface area contributed by atoms with Crippen molar-refractivity contribution < 1.29 is 13.2 Å². The zero-order valence-corrected chi connectivity index (χ0v) is 11.7. The second-order valence-electron chi connectivity index (χ2n) is 6.18. The Labute approximate surface area is 113 Å². The summed E-state index contributed by atoms with van der Waals surface area (Å²) in [6, 6.07) is 0.0409. The average Bonchev–Trinajstić information content (AvgIpc) is 2.32. The lowest BCUT2D eigenvalue weighted by Gasteiger charge is -2.50. The van der Waals surface area contributed by atoms with Crippen molar-refractivity contribution in [1.82, 2.24) is 10.2 Å². The number of hydrogen-bond donors (Lipinski definition) is 1. The molecule has 1 N–H and O–H groups in total. The van der Waals surface area contributed by atoms with Crippen LogP contribution in [0.2, 0.25) is 0 Å². The Balaban J connectivity index is 2.03. The van der Waals surface area contributed by atoms with Crippen molar-refractivity contribution in [3.05, 3.63) is 0 Å². The Bertz CT molecular complexity index is 285. The van der Waals surface area contributed by atoms with E-state index < -0.39 is 12.7 Å². The van der Waals surface area contributed by atoms with Crippen LogP contribution in [0.3, 0.4) is 0 Å². The lowest BCUT2D eigenvalue weighted by Crippen LogP contribution is -2.65. The van der Waals surface area contributed by atoms with Gasteiger partial charge in [-0.05, 0) is 19.3 Å². The fourth-order valence-corrected chi connectivity index (χ4v) is 3.63. The smallest absolute Gasteiger partial charge is 0.308 e. The molecule has 0 aromatic rings. The van der Waals surface area contributed by atoms with Crippen LogP contribution in [0.15, 0.2) is 0 Å². The molecule has 0 radical (unpaired) electrons. The van der Waals surface area contributed by atoms with Crippen molar-refractivity contribution >= 4 is 0 Å². The Kier molecular flexibility index (Phi) is 4.77. The molecule has 1 heterocycles. The van der Waals surface area contributed by atoms with E-state index in [0.29, 0.717) is 13.1 Å². The lowest BCUT2D eigenvalue weighted by atomic mass is 9.79. The predicted molar refractivity (Wildman–Crippen MR) is 70.1 cm³/mol. The second kappa shape index (κ2) is 6.00. The molecule has 2 nitrogen and oxygen atoms in total. The molecule has 5 heteroatoms. The fraction of sp³-hybridized carbons (Fsp3) is 1.00. The highest BCUT2D eigenvalue weighted by atomic mass is 19.4. The largest absolute Gasteiger partial charge is 0.401 e. The summed E-state index contributed by atoms with van der Waals surface area (Å²) < 4.78 is 38.2. The molecule has 0 amide bonds. The summed E-state index contributed by atoms with van der Waals surface area (Å²) in [5.74, 6) is 0. The van der Waals surface area contributed by atoms with Gasteiger partial charge < -0.3 is 5.32 Å². The van der Waals surface area contributed by atoms with Gasteiger partial charge in [0.05, 0.1) is 6.54 Å². The van der Waals surface area contributed by atoms with Gasteiger partial charge in [0.15, 0.2) is 0 Å². The quantitative estimate of drug-likeness (QED) is 0.852. The van der Waals surface area contributed by atoms with E-state index in [1.807, 2.05) is 6.92 Å². The molecule has 0 aromatic carbocycles. The standard InChI is InChI=1S/C14H25F3N2/c1-2-6-12-9-18-13(7-4-3-5-8-13)10-19(12)11-14(15,16)17/h12,18H,2-11H2,1H3. The van der Waals surface area contributed by atoms with Gasteiger partial charge in [0.25, 0.3) is 0 Å². The first-order valence-electron chi connectivity index (χ1n) is 7.50. The van der Waals surface area contributed by atoms with Gasteiger partial charge in [-0.15, -0.1) is 0 Å². The van der Waals surface area contributed by atoms with Crippen LogP contribution in [0.25, 0.3) is 0 Å². The molecule has 1 saturated carbocycles. The van der Waals surface area contributed by atoms with Crippen molar-refractivity contribution in [2.75, 3.05) is 19.6 Å². The third-order valence-electron chi connectivity index (χ3n) is 4.55. The van der Waals surface area contributed by atoms with Gasteiger partial charge in [0, 0.05) is 24.7 Å². The molecule has 1 unspecified atom stereocenters. The fourth-order valence-electron chi connectivity index (χ4n) is 3.63. The maximum atomic E-state index is 12.7. The van der Waals surface area contributed by atoms with Crippen LogP contribution in [0.4, 0.5) is 13.2 Å². The first kappa shape index (κ1) is 15.1. The van der Waals surface area contributed by atoms with Crippen LogP contribution in [0, 0.1) is 0 Å². The SMILES string of the molecule is CCCC1CNC2(CCCCC2)CN1CC(F)(F)F. The summed E-state index contributed by atoms with van der Waals surface area (Å²) in [5, 5.41) is 3.58. The van der Waals surface area contributed by atoms with Crippen molar-refractivity contribution in [3.8, 4) is 0 Å². The normalized spacial score (nSPS) is 28.7. The highest BCUT2D eigenvalue weighted by Crippen LogP contribution is 2.33. The van der Waals surface area contributed by atoms with Crippen LogP contribution in [-0.2, 0) is 0 Å². The van der Waals surface area contributed by atoms with Gasteiger partial charge in [0.2, 0.25) is 0 Å². The van der Waals surface area contributed by atoms with Crippen LogP contribution >= 0.6 is 0 Å². The second-order valence-corrected chi connectivity index (χ2v) is 6.18. The van der Waals surface area contributed by atoms with Crippen LogP contribution in [0.5, 0.6) is 0 Å². The summed E-state index contributed by atoms with van der Waals surface area (Å²) in [6.45, 7) is 2.57. The maximum absolute atomic E-state index is 12.7. The molecule has 2 aliphatic rings. The molecule has 2 fully saturated rings. The number of nitrogens with zero attached hydrogens (tertiary/aromatic N) is 1. The molecular weight excluding hydrogens is 253 g/mol. The van der Waals surface area contributed by atoms with E-state index in [1.165, 1.54) is 6.42 Å². The molecule has 1 aliphatic carbocycles. The molecule has 0 bridgehead atoms. The maximum Gasteiger partial charge on any atom is 0.401 e. The number of hydrogen-bond acceptors (Lipinski definition) is 2. The summed E-state index contributed by atoms with van der Waals surface area (Å²) in [4.78, 5) is 1.69. The summed E-state index contributed by atoms with van der Waals surface area (Å²) in [5.41, 5.74) is -0.0479. The highest BCUT2D eigenvalue weighted by molar-refractivity contribution is 5.00. The van der Waals surface area contributed by atoms with Gasteiger partial charge in [0.1, 0.15) is 0 Å². The molecule has 1 atom stereocenters. The molecule has 1 saturated heterocycles. The molecule has 1 spiro atoms. The van der Waals surface area contributed by atoms with Crippen molar-refractivity contribution in [3.63, 3.8) is 0 Å². The van der Waals surface area contributed by atoms with Crippen molar-refractivity contribution in [2.45, 2.75) is 69.6 Å². The third kappa shape index (κ3) is 4.09. The number of piperazine rings is 1. The van der Waals surface area contributed by atoms with E-state index in [1.54, 1.807) is 4.90 Å². The van der Waals surface area contributed by atoms with Gasteiger partial charge in [-0.25, -0.2) is 0 Å². The first-order valence-corrected chi connectivity index (χ1v) is 7.50. The van der Waals surface area contributed by atoms with Crippen LogP contribution in [0.1, 0.15) is 51.9 Å². The minimum absolute atomic E-state index is 0.0409. The number of nitrogens with one attached hydrogen (secondary N) is 1. The number of rotatable bonds is 3. The first-order chi connectivity index (χ1) is 8.94. The van der Waals surface area contributed by atoms with Gasteiger partial charge in [-0.3, -0.25) is 4.90 Å². The molecule has 2 rings (SSSR count). The lowest BCUT2D eigenvalue weighted by molar-refractivity contribution is -0.158. The molecule has 0 aromatic heterocycles. The zero-order valence-electron chi connectivity index (χ0n) is 11.7. The van der Waals surface area contributed by atoms with Gasteiger partial charge >= 0.3 is 6.18 Å². The van der Waals surface area contributed by atoms with Crippen LogP contribution in [-0.4, -0.2) is 42.3 Å². The topological polar surface area (TPSA) is 15.3 Å². The monoisotopic (exact) mass is 278 g/mol. The van der Waals surface area contributed by atoms with E-state index in [9.17, 15) is 13.2 Å². The molecule has 19 heavy (non-hydrogen) atoms. The zero-order chi connectivity index (χ0) is 13.9. The molecular formula is C14H25F3N2. The summed E-state index contributed by atoms with van der Waals surface area (Å²) >= 11 is 0. The van der Waals surface area contributed by atoms with Crippen molar-refractivity contribution in [1.29, 1.82) is 0 Å². The summed E-state index contributed by atoms with van der Waals surface area (Å²) in [7, 11) is 0. The Morgan fingerprint density at radius 1 is 1.21 bits per heavy atom. The van der Waals surface area contributed by atoms with Gasteiger partial charge in [-0.1, -0.05) is 32.6 Å². The Hall–Kier alpha value is -0.290. The third-order valence-corrected chi connectivity index (χ3v) is 4.55. The highest BCUT2D eigenvalue weighted by Gasteiger charge is 2.43. The predicted octanol–water partition coefficient (Wildman–Crippen LogP) is 3.33. The van der Waals surface area contributed by atoms with Crippen molar-refractivity contribution in [2.24, 2.45) is 0 Å². The summed E-state index contributed by atoms with van der Waals surface area (Å²) in [6.07, 6.45) is 3.27. The average molecular weight is 278 g/mol. The van der Waals surface area contributed by atoms with Crippen LogP contribution < -0.4 is 5.32 Å². The minimum Gasteiger partial charge on any atom is -0.308 e. The van der Waals surface area contributed by atoms with E-state index in [2.05, 4.69) is 5.32 Å². The minimum atomic E-state index is -4.08. The Morgan fingerprint density at radius 3 is 2.47 bits per heavy atom. The molecule has 1 aliphatic heterocycles. The number of alkyl halides is 3. The Morgan fingerprint density at radius 2 is 1.89 bits per heavy atom. The van der Waals surface area contributed by atoms with E-state index in [0.717, 1.165) is 38.5 Å².